The second kappa shape index (κ2) is 8.58. The van der Waals surface area contributed by atoms with Gasteiger partial charge in [0, 0.05) is 12.1 Å². The Morgan fingerprint density at radius 3 is 2.53 bits per heavy atom. The van der Waals surface area contributed by atoms with Gasteiger partial charge in [0.2, 0.25) is 0 Å². The molecule has 0 radical (unpaired) electrons. The predicted molar refractivity (Wildman–Crippen MR) is 111 cm³/mol. The number of benzene rings is 2. The van der Waals surface area contributed by atoms with Gasteiger partial charge in [-0.1, -0.05) is 18.2 Å². The molecule has 0 fully saturated rings. The molecule has 12 heteroatoms. The zero-order chi connectivity index (χ0) is 24.7. The standard InChI is InChI=1S/C22H18F6N4O2/c1-34-15-7-2-4-12(8-15)17-10-18(22(26,27)28)32-19(31-17)16(11-29-32)20(33)30-14-6-3-5-13(9-14)21(23,24)25/h2-9,11,17-18,31H,10H2,1H3,(H,30,33)/t17-,18+/m1/s1. The topological polar surface area (TPSA) is 68.2 Å². The van der Waals surface area contributed by atoms with Crippen LogP contribution >= 0.6 is 0 Å². The summed E-state index contributed by atoms with van der Waals surface area (Å²) in [7, 11) is 1.43. The van der Waals surface area contributed by atoms with Gasteiger partial charge in [0.05, 0.1) is 24.9 Å². The first kappa shape index (κ1) is 23.5. The number of aromatic nitrogens is 2. The molecule has 1 amide bonds. The SMILES string of the molecule is COc1cccc([C@H]2C[C@@H](C(F)(F)F)n3ncc(C(=O)Nc4cccc(C(F)(F)F)c4)c3N2)c1. The van der Waals surface area contributed by atoms with Gasteiger partial charge in [-0.3, -0.25) is 4.79 Å². The fourth-order valence-corrected chi connectivity index (χ4v) is 3.78. The van der Waals surface area contributed by atoms with Crippen LogP contribution in [0.3, 0.4) is 0 Å². The van der Waals surface area contributed by atoms with Gasteiger partial charge >= 0.3 is 12.4 Å². The molecule has 2 heterocycles. The second-order valence-corrected chi connectivity index (χ2v) is 7.65. The van der Waals surface area contributed by atoms with Crippen molar-refractivity contribution in [3.8, 4) is 5.75 Å². The van der Waals surface area contributed by atoms with Gasteiger partial charge in [-0.2, -0.15) is 31.4 Å². The molecule has 0 bridgehead atoms. The Labute approximate surface area is 189 Å². The minimum absolute atomic E-state index is 0.160. The van der Waals surface area contributed by atoms with Crippen molar-refractivity contribution >= 4 is 17.4 Å². The molecule has 0 aliphatic carbocycles. The van der Waals surface area contributed by atoms with E-state index in [9.17, 15) is 31.1 Å². The first-order valence-electron chi connectivity index (χ1n) is 10.0. The Morgan fingerprint density at radius 2 is 1.85 bits per heavy atom. The fourth-order valence-electron chi connectivity index (χ4n) is 3.78. The third kappa shape index (κ3) is 4.66. The lowest BCUT2D eigenvalue weighted by atomic mass is 9.96. The minimum Gasteiger partial charge on any atom is -0.497 e. The number of hydrogen-bond donors (Lipinski definition) is 2. The average Bonchev–Trinajstić information content (AvgIpc) is 3.21. The highest BCUT2D eigenvalue weighted by atomic mass is 19.4. The molecule has 34 heavy (non-hydrogen) atoms. The maximum absolute atomic E-state index is 13.8. The number of carbonyl (C=O) groups is 1. The molecule has 4 rings (SSSR count). The number of amides is 1. The number of anilines is 2. The van der Waals surface area contributed by atoms with Crippen LogP contribution in [0.5, 0.6) is 5.75 Å². The number of nitrogens with zero attached hydrogens (tertiary/aromatic N) is 2. The Kier molecular flexibility index (Phi) is 5.92. The lowest BCUT2D eigenvalue weighted by Gasteiger charge is -2.34. The molecular weight excluding hydrogens is 466 g/mol. The van der Waals surface area contributed by atoms with Crippen LogP contribution in [0.25, 0.3) is 0 Å². The van der Waals surface area contributed by atoms with Crippen molar-refractivity contribution in [2.24, 2.45) is 0 Å². The Morgan fingerprint density at radius 1 is 1.12 bits per heavy atom. The van der Waals surface area contributed by atoms with Crippen molar-refractivity contribution in [2.45, 2.75) is 30.9 Å². The maximum atomic E-state index is 13.8. The molecule has 0 spiro atoms. The van der Waals surface area contributed by atoms with Crippen molar-refractivity contribution in [1.29, 1.82) is 0 Å². The Hall–Kier alpha value is -3.70. The van der Waals surface area contributed by atoms with Crippen LogP contribution in [-0.4, -0.2) is 29.0 Å². The van der Waals surface area contributed by atoms with Crippen molar-refractivity contribution < 1.29 is 35.9 Å². The van der Waals surface area contributed by atoms with Gasteiger partial charge in [0.15, 0.2) is 6.04 Å². The quantitative estimate of drug-likeness (QED) is 0.458. The highest BCUT2D eigenvalue weighted by Gasteiger charge is 2.47. The average molecular weight is 484 g/mol. The van der Waals surface area contributed by atoms with Crippen molar-refractivity contribution in [3.63, 3.8) is 0 Å². The minimum atomic E-state index is -4.66. The van der Waals surface area contributed by atoms with Gasteiger partial charge in [-0.05, 0) is 35.9 Å². The molecule has 6 nitrogen and oxygen atoms in total. The van der Waals surface area contributed by atoms with Crippen molar-refractivity contribution in [3.05, 3.63) is 71.4 Å². The van der Waals surface area contributed by atoms with E-state index < -0.39 is 35.9 Å². The zero-order valence-corrected chi connectivity index (χ0v) is 17.5. The molecule has 1 aliphatic heterocycles. The molecule has 2 N–H and O–H groups in total. The molecule has 1 aromatic heterocycles. The Bertz CT molecular complexity index is 1200. The van der Waals surface area contributed by atoms with E-state index in [1.165, 1.54) is 13.2 Å². The molecule has 0 saturated carbocycles. The number of rotatable bonds is 4. The van der Waals surface area contributed by atoms with E-state index in [0.717, 1.165) is 24.4 Å². The second-order valence-electron chi connectivity index (χ2n) is 7.65. The number of halogens is 6. The number of nitrogens with one attached hydrogen (secondary N) is 2. The number of carbonyl (C=O) groups excluding carboxylic acids is 1. The monoisotopic (exact) mass is 484 g/mol. The van der Waals surface area contributed by atoms with E-state index in [1.807, 2.05) is 0 Å². The molecule has 180 valence electrons. The summed E-state index contributed by atoms with van der Waals surface area (Å²) < 4.78 is 86.3. The molecule has 2 atom stereocenters. The first-order valence-corrected chi connectivity index (χ1v) is 10.0. The highest BCUT2D eigenvalue weighted by molar-refractivity contribution is 6.07. The van der Waals surface area contributed by atoms with E-state index in [1.54, 1.807) is 24.3 Å². The molecule has 0 saturated heterocycles. The molecule has 3 aromatic rings. The third-order valence-electron chi connectivity index (χ3n) is 5.43. The summed E-state index contributed by atoms with van der Waals surface area (Å²) >= 11 is 0. The summed E-state index contributed by atoms with van der Waals surface area (Å²) in [4.78, 5) is 12.8. The first-order chi connectivity index (χ1) is 16.0. The lowest BCUT2D eigenvalue weighted by Crippen LogP contribution is -2.36. The number of hydrogen-bond acceptors (Lipinski definition) is 4. The van der Waals surface area contributed by atoms with E-state index in [2.05, 4.69) is 15.7 Å². The number of alkyl halides is 6. The summed E-state index contributed by atoms with van der Waals surface area (Å²) in [5.41, 5.74) is -0.868. The number of methoxy groups -OCH3 is 1. The van der Waals surface area contributed by atoms with E-state index >= 15 is 0 Å². The summed E-state index contributed by atoms with van der Waals surface area (Å²) in [5, 5.41) is 8.98. The van der Waals surface area contributed by atoms with E-state index in [-0.39, 0.29) is 23.5 Å². The van der Waals surface area contributed by atoms with Crippen LogP contribution in [-0.2, 0) is 6.18 Å². The molecule has 0 unspecified atom stereocenters. The van der Waals surface area contributed by atoms with Crippen LogP contribution in [0, 0.1) is 0 Å². The zero-order valence-electron chi connectivity index (χ0n) is 17.5. The molecule has 1 aliphatic rings. The summed E-state index contributed by atoms with van der Waals surface area (Å²) in [6, 6.07) is 7.57. The van der Waals surface area contributed by atoms with Crippen LogP contribution in [0.2, 0.25) is 0 Å². The smallest absolute Gasteiger partial charge is 0.416 e. The Balaban J connectivity index is 1.67. The van der Waals surface area contributed by atoms with Gasteiger partial charge in [-0.15, -0.1) is 0 Å². The summed E-state index contributed by atoms with van der Waals surface area (Å²) in [5.74, 6) is -0.643. The summed E-state index contributed by atoms with van der Waals surface area (Å²) in [6.07, 6.45) is -8.71. The van der Waals surface area contributed by atoms with E-state index in [4.69, 9.17) is 4.74 Å². The third-order valence-corrected chi connectivity index (χ3v) is 5.43. The van der Waals surface area contributed by atoms with E-state index in [0.29, 0.717) is 16.0 Å². The number of fused-ring (bicyclic) bond motifs is 1. The van der Waals surface area contributed by atoms with Crippen LogP contribution in [0.15, 0.2) is 54.7 Å². The van der Waals surface area contributed by atoms with Gasteiger partial charge in [0.25, 0.3) is 5.91 Å². The van der Waals surface area contributed by atoms with Gasteiger partial charge in [-0.25, -0.2) is 4.68 Å². The largest absolute Gasteiger partial charge is 0.497 e. The van der Waals surface area contributed by atoms with Crippen molar-refractivity contribution in [2.75, 3.05) is 17.7 Å². The van der Waals surface area contributed by atoms with Crippen molar-refractivity contribution in [1.82, 2.24) is 9.78 Å². The lowest BCUT2D eigenvalue weighted by molar-refractivity contribution is -0.173. The van der Waals surface area contributed by atoms with Gasteiger partial charge in [0.1, 0.15) is 17.1 Å². The number of ether oxygens (including phenoxy) is 1. The molecular formula is C22H18F6N4O2. The predicted octanol–water partition coefficient (Wildman–Crippen LogP) is 5.82. The van der Waals surface area contributed by atoms with Crippen LogP contribution in [0.4, 0.5) is 37.8 Å². The highest BCUT2D eigenvalue weighted by Crippen LogP contribution is 2.44. The maximum Gasteiger partial charge on any atom is 0.416 e. The summed E-state index contributed by atoms with van der Waals surface area (Å²) in [6.45, 7) is 0. The fraction of sp³-hybridized carbons (Fsp3) is 0.273. The van der Waals surface area contributed by atoms with Crippen LogP contribution in [0.1, 0.15) is 40.0 Å². The molecule has 2 aromatic carbocycles. The van der Waals surface area contributed by atoms with Gasteiger partial charge < -0.3 is 15.4 Å². The van der Waals surface area contributed by atoms with Crippen LogP contribution < -0.4 is 15.4 Å². The normalized spacial score (nSPS) is 18.1.